The van der Waals surface area contributed by atoms with Gasteiger partial charge in [-0.2, -0.15) is 0 Å². The van der Waals surface area contributed by atoms with Crippen LogP contribution in [0, 0.1) is 0 Å². The van der Waals surface area contributed by atoms with Gasteiger partial charge in [0, 0.05) is 12.0 Å². The molecule has 0 spiro atoms. The first kappa shape index (κ1) is 33.5. The first-order valence-electron chi connectivity index (χ1n) is 16.5. The van der Waals surface area contributed by atoms with Crippen molar-refractivity contribution in [2.45, 2.75) is 63.4 Å². The van der Waals surface area contributed by atoms with Crippen LogP contribution in [0.2, 0.25) is 0 Å². The molecule has 1 aliphatic heterocycles. The zero-order valence-electron chi connectivity index (χ0n) is 27.0. The quantitative estimate of drug-likeness (QED) is 0.102. The molecule has 1 aliphatic rings. The average Bonchev–Trinajstić information content (AvgIpc) is 3.15. The molecule has 0 aliphatic carbocycles. The molecule has 1 unspecified atom stereocenters. The van der Waals surface area contributed by atoms with Crippen LogP contribution in [0.5, 0.6) is 0 Å². The molecule has 0 N–H and O–H groups in total. The van der Waals surface area contributed by atoms with Crippen molar-refractivity contribution >= 4 is 5.78 Å². The number of hydrogen-bond donors (Lipinski definition) is 0. The van der Waals surface area contributed by atoms with E-state index in [9.17, 15) is 4.79 Å². The first-order valence-corrected chi connectivity index (χ1v) is 16.5. The summed E-state index contributed by atoms with van der Waals surface area (Å²) in [4.78, 5) is 13.7. The Morgan fingerprint density at radius 2 is 0.833 bits per heavy atom. The zero-order valence-corrected chi connectivity index (χ0v) is 27.0. The number of carbonyl (C=O) groups is 1. The highest BCUT2D eigenvalue weighted by atomic mass is 16.6. The highest BCUT2D eigenvalue weighted by Crippen LogP contribution is 2.33. The Morgan fingerprint density at radius 1 is 0.458 bits per heavy atom. The van der Waals surface area contributed by atoms with Gasteiger partial charge in [0.1, 0.15) is 24.4 Å². The SMILES string of the molecule is O=C(CC1O[C@H](COCc2ccccc2)[C@@H](OCc2ccccc2)[C@H](OCc2ccccc2)[C@H]1OCc1ccccc1)c1ccccc1. The van der Waals surface area contributed by atoms with Crippen molar-refractivity contribution in [3.8, 4) is 0 Å². The van der Waals surface area contributed by atoms with E-state index >= 15 is 0 Å². The summed E-state index contributed by atoms with van der Waals surface area (Å²) in [5.41, 5.74) is 4.77. The average molecular weight is 643 g/mol. The van der Waals surface area contributed by atoms with Crippen LogP contribution in [-0.2, 0) is 50.1 Å². The number of ketones is 1. The van der Waals surface area contributed by atoms with Gasteiger partial charge in [-0.05, 0) is 22.3 Å². The van der Waals surface area contributed by atoms with Crippen LogP contribution in [0.4, 0.5) is 0 Å². The Morgan fingerprint density at radius 3 is 1.29 bits per heavy atom. The molecule has 246 valence electrons. The molecule has 0 radical (unpaired) electrons. The molecule has 0 amide bonds. The van der Waals surface area contributed by atoms with E-state index in [-0.39, 0.29) is 18.8 Å². The minimum Gasteiger partial charge on any atom is -0.374 e. The lowest BCUT2D eigenvalue weighted by molar-refractivity contribution is -0.271. The van der Waals surface area contributed by atoms with Crippen molar-refractivity contribution < 1.29 is 28.5 Å². The number of rotatable bonds is 16. The summed E-state index contributed by atoms with van der Waals surface area (Å²) in [6, 6.07) is 49.5. The van der Waals surface area contributed by atoms with Gasteiger partial charge in [-0.3, -0.25) is 4.79 Å². The Kier molecular flexibility index (Phi) is 12.3. The molecule has 0 aromatic heterocycles. The van der Waals surface area contributed by atoms with Gasteiger partial charge >= 0.3 is 0 Å². The highest BCUT2D eigenvalue weighted by molar-refractivity contribution is 5.96. The molecule has 6 nitrogen and oxygen atoms in total. The maximum absolute atomic E-state index is 13.7. The van der Waals surface area contributed by atoms with E-state index in [1.807, 2.05) is 152 Å². The van der Waals surface area contributed by atoms with Crippen molar-refractivity contribution in [2.24, 2.45) is 0 Å². The third-order valence-corrected chi connectivity index (χ3v) is 8.46. The summed E-state index contributed by atoms with van der Waals surface area (Å²) in [5.74, 6) is -0.0247. The van der Waals surface area contributed by atoms with Gasteiger partial charge in [-0.15, -0.1) is 0 Å². The predicted octanol–water partition coefficient (Wildman–Crippen LogP) is 8.00. The van der Waals surface area contributed by atoms with Gasteiger partial charge < -0.3 is 23.7 Å². The molecular weight excluding hydrogens is 600 g/mol. The van der Waals surface area contributed by atoms with Crippen LogP contribution in [0.3, 0.4) is 0 Å². The number of benzene rings is 5. The fourth-order valence-electron chi connectivity index (χ4n) is 5.97. The van der Waals surface area contributed by atoms with Crippen molar-refractivity contribution in [2.75, 3.05) is 6.61 Å². The lowest BCUT2D eigenvalue weighted by Gasteiger charge is -2.46. The van der Waals surface area contributed by atoms with Gasteiger partial charge in [-0.25, -0.2) is 0 Å². The van der Waals surface area contributed by atoms with Crippen LogP contribution in [0.15, 0.2) is 152 Å². The normalized spacial score (nSPS) is 20.7. The molecule has 6 rings (SSSR count). The summed E-state index contributed by atoms with van der Waals surface area (Å²) in [6.45, 7) is 1.70. The van der Waals surface area contributed by atoms with Crippen molar-refractivity contribution in [3.63, 3.8) is 0 Å². The Balaban J connectivity index is 1.32. The maximum atomic E-state index is 13.7. The van der Waals surface area contributed by atoms with Gasteiger partial charge in [-0.1, -0.05) is 152 Å². The molecule has 0 bridgehead atoms. The topological polar surface area (TPSA) is 63.2 Å². The van der Waals surface area contributed by atoms with Crippen LogP contribution in [0.1, 0.15) is 39.0 Å². The fraction of sp³-hybridized carbons (Fsp3) is 0.262. The number of carbonyl (C=O) groups excluding carboxylic acids is 1. The molecule has 1 fully saturated rings. The second kappa shape index (κ2) is 17.6. The Hall–Kier alpha value is -4.43. The van der Waals surface area contributed by atoms with E-state index in [4.69, 9.17) is 23.7 Å². The van der Waals surface area contributed by atoms with Crippen molar-refractivity contribution in [1.82, 2.24) is 0 Å². The van der Waals surface area contributed by atoms with Crippen LogP contribution in [-0.4, -0.2) is 42.9 Å². The van der Waals surface area contributed by atoms with Gasteiger partial charge in [0.15, 0.2) is 5.78 Å². The van der Waals surface area contributed by atoms with E-state index in [0.29, 0.717) is 32.0 Å². The molecule has 5 aromatic rings. The fourth-order valence-corrected chi connectivity index (χ4v) is 5.97. The van der Waals surface area contributed by atoms with E-state index < -0.39 is 30.5 Å². The summed E-state index contributed by atoms with van der Waals surface area (Å²) in [5, 5.41) is 0. The molecule has 1 heterocycles. The van der Waals surface area contributed by atoms with Gasteiger partial charge in [0.05, 0.1) is 39.1 Å². The molecule has 5 atom stereocenters. The summed E-state index contributed by atoms with van der Waals surface area (Å²) < 4.78 is 33.3. The smallest absolute Gasteiger partial charge is 0.165 e. The highest BCUT2D eigenvalue weighted by Gasteiger charge is 2.49. The van der Waals surface area contributed by atoms with Crippen molar-refractivity contribution in [1.29, 1.82) is 0 Å². The minimum absolute atomic E-state index is 0.0247. The first-order chi connectivity index (χ1) is 23.7. The summed E-state index contributed by atoms with van der Waals surface area (Å²) in [7, 11) is 0. The Bertz CT molecular complexity index is 1630. The molecule has 1 saturated heterocycles. The lowest BCUT2D eigenvalue weighted by Crippen LogP contribution is -2.61. The maximum Gasteiger partial charge on any atom is 0.165 e. The number of Topliss-reactive ketones (excluding diaryl/α,β-unsaturated/α-hetero) is 1. The van der Waals surface area contributed by atoms with Crippen LogP contribution < -0.4 is 0 Å². The van der Waals surface area contributed by atoms with Crippen LogP contribution >= 0.6 is 0 Å². The second-order valence-electron chi connectivity index (χ2n) is 12.0. The predicted molar refractivity (Wildman–Crippen MR) is 185 cm³/mol. The molecular formula is C42H42O6. The number of hydrogen-bond acceptors (Lipinski definition) is 6. The zero-order chi connectivity index (χ0) is 32.8. The van der Waals surface area contributed by atoms with Gasteiger partial charge in [0.25, 0.3) is 0 Å². The third kappa shape index (κ3) is 9.57. The number of ether oxygens (including phenoxy) is 5. The molecule has 48 heavy (non-hydrogen) atoms. The van der Waals surface area contributed by atoms with Crippen molar-refractivity contribution in [3.05, 3.63) is 179 Å². The van der Waals surface area contributed by atoms with Gasteiger partial charge in [0.2, 0.25) is 0 Å². The van der Waals surface area contributed by atoms with E-state index in [1.54, 1.807) is 0 Å². The third-order valence-electron chi connectivity index (χ3n) is 8.46. The van der Waals surface area contributed by atoms with Crippen LogP contribution in [0.25, 0.3) is 0 Å². The summed E-state index contributed by atoms with van der Waals surface area (Å²) in [6.07, 6.45) is -2.73. The summed E-state index contributed by atoms with van der Waals surface area (Å²) >= 11 is 0. The Labute approximate surface area is 283 Å². The molecule has 5 aromatic carbocycles. The van der Waals surface area contributed by atoms with E-state index in [2.05, 4.69) is 0 Å². The monoisotopic (exact) mass is 642 g/mol. The minimum atomic E-state index is -0.607. The second-order valence-corrected chi connectivity index (χ2v) is 12.0. The molecule has 6 heteroatoms. The van der Waals surface area contributed by atoms with E-state index in [0.717, 1.165) is 22.3 Å². The largest absolute Gasteiger partial charge is 0.374 e. The lowest BCUT2D eigenvalue weighted by atomic mass is 9.90. The van der Waals surface area contributed by atoms with E-state index in [1.165, 1.54) is 0 Å². The standard InChI is InChI=1S/C42H42O6/c43-37(36-24-14-5-15-25-36)26-38-40(45-28-33-18-8-2-9-19-33)42(47-30-35-22-12-4-13-23-35)41(46-29-34-20-10-3-11-21-34)39(48-38)31-44-27-32-16-6-1-7-17-32/h1-25,38-42H,26-31H2/t38?,39-,40+,41-,42-/m1/s1. The molecule has 0 saturated carbocycles.